The average molecular weight is 287 g/mol. The summed E-state index contributed by atoms with van der Waals surface area (Å²) >= 11 is 0. The molecule has 2 aromatic rings. The van der Waals surface area contributed by atoms with Gasteiger partial charge in [0.15, 0.2) is 5.69 Å². The predicted molar refractivity (Wildman–Crippen MR) is 72.7 cm³/mol. The minimum atomic E-state index is -1.15. The summed E-state index contributed by atoms with van der Waals surface area (Å²) in [7, 11) is 0. The molecule has 1 aromatic heterocycles. The fraction of sp³-hybridized carbons (Fsp3) is 0.214. The monoisotopic (exact) mass is 287 g/mol. The van der Waals surface area contributed by atoms with Crippen LogP contribution in [-0.2, 0) is 13.0 Å². The van der Waals surface area contributed by atoms with E-state index in [9.17, 15) is 14.7 Å². The average Bonchev–Trinajstić information content (AvgIpc) is 2.87. The topological polar surface area (TPSA) is 95.7 Å². The smallest absolute Gasteiger partial charge is 0.407 e. The van der Waals surface area contributed by atoms with Gasteiger partial charge in [-0.3, -0.25) is 0 Å². The molecule has 0 saturated heterocycles. The highest BCUT2D eigenvalue weighted by atomic mass is 16.4. The van der Waals surface area contributed by atoms with Crippen LogP contribution in [0.3, 0.4) is 0 Å². The van der Waals surface area contributed by atoms with Crippen molar-refractivity contribution in [1.82, 2.24) is 14.7 Å². The number of fused-ring (bicyclic) bond motifs is 1. The SMILES string of the molecule is O=C(O)c1nn(-c2ccccc2)c2c1CN(C(=O)O)CC2. The van der Waals surface area contributed by atoms with Crippen molar-refractivity contribution in [3.63, 3.8) is 0 Å². The molecule has 2 N–H and O–H groups in total. The van der Waals surface area contributed by atoms with E-state index in [-0.39, 0.29) is 12.2 Å². The van der Waals surface area contributed by atoms with Gasteiger partial charge in [0.1, 0.15) is 0 Å². The number of hydrogen-bond acceptors (Lipinski definition) is 3. The second kappa shape index (κ2) is 4.93. The first-order valence-corrected chi connectivity index (χ1v) is 6.45. The predicted octanol–water partition coefficient (Wildman–Crippen LogP) is 1.61. The van der Waals surface area contributed by atoms with Crippen LogP contribution in [-0.4, -0.2) is 43.5 Å². The number of rotatable bonds is 2. The van der Waals surface area contributed by atoms with Crippen LogP contribution in [0.4, 0.5) is 4.79 Å². The normalized spacial score (nSPS) is 13.8. The number of benzene rings is 1. The number of para-hydroxylation sites is 1. The minimum absolute atomic E-state index is 0.0547. The van der Waals surface area contributed by atoms with Gasteiger partial charge in [-0.2, -0.15) is 5.10 Å². The molecule has 0 radical (unpaired) electrons. The van der Waals surface area contributed by atoms with E-state index in [2.05, 4.69) is 5.10 Å². The summed E-state index contributed by atoms with van der Waals surface area (Å²) in [5.41, 5.74) is 1.92. The van der Waals surface area contributed by atoms with E-state index in [1.54, 1.807) is 4.68 Å². The van der Waals surface area contributed by atoms with Crippen LogP contribution in [0, 0.1) is 0 Å². The van der Waals surface area contributed by atoms with Crippen LogP contribution in [0.2, 0.25) is 0 Å². The van der Waals surface area contributed by atoms with Crippen LogP contribution >= 0.6 is 0 Å². The highest BCUT2D eigenvalue weighted by Crippen LogP contribution is 2.25. The summed E-state index contributed by atoms with van der Waals surface area (Å²) in [4.78, 5) is 23.6. The number of carboxylic acid groups (broad SMARTS) is 2. The first-order valence-electron chi connectivity index (χ1n) is 6.45. The molecule has 21 heavy (non-hydrogen) atoms. The third-order valence-electron chi connectivity index (χ3n) is 3.53. The van der Waals surface area contributed by atoms with Gasteiger partial charge in [0.2, 0.25) is 0 Å². The molecule has 0 spiro atoms. The lowest BCUT2D eigenvalue weighted by molar-refractivity contribution is 0.0686. The summed E-state index contributed by atoms with van der Waals surface area (Å²) in [5, 5.41) is 22.5. The Kier molecular flexibility index (Phi) is 3.09. The van der Waals surface area contributed by atoms with Gasteiger partial charge in [-0.25, -0.2) is 14.3 Å². The zero-order valence-corrected chi connectivity index (χ0v) is 11.1. The fourth-order valence-corrected chi connectivity index (χ4v) is 2.54. The van der Waals surface area contributed by atoms with Crippen molar-refractivity contribution in [2.45, 2.75) is 13.0 Å². The quantitative estimate of drug-likeness (QED) is 0.874. The number of nitrogens with zero attached hydrogens (tertiary/aromatic N) is 3. The number of amides is 1. The first kappa shape index (κ1) is 13.2. The van der Waals surface area contributed by atoms with Gasteiger partial charge in [-0.1, -0.05) is 18.2 Å². The standard InChI is InChI=1S/C14H13N3O4/c18-13(19)12-10-8-16(14(20)21)7-6-11(10)17(15-12)9-4-2-1-3-5-9/h1-5H,6-8H2,(H,18,19)(H,20,21). The Bertz CT molecular complexity index is 709. The lowest BCUT2D eigenvalue weighted by Crippen LogP contribution is -2.35. The molecule has 7 heteroatoms. The number of carboxylic acids is 1. The second-order valence-corrected chi connectivity index (χ2v) is 4.78. The van der Waals surface area contributed by atoms with Gasteiger partial charge in [0, 0.05) is 18.5 Å². The zero-order chi connectivity index (χ0) is 15.0. The molecule has 1 amide bonds. The summed E-state index contributed by atoms with van der Waals surface area (Å²) in [6.45, 7) is 0.388. The van der Waals surface area contributed by atoms with Gasteiger partial charge in [-0.05, 0) is 12.1 Å². The lowest BCUT2D eigenvalue weighted by atomic mass is 10.1. The summed E-state index contributed by atoms with van der Waals surface area (Å²) in [6.07, 6.45) is -0.610. The van der Waals surface area contributed by atoms with E-state index in [1.807, 2.05) is 30.3 Å². The Labute approximate surface area is 120 Å². The van der Waals surface area contributed by atoms with Gasteiger partial charge >= 0.3 is 12.1 Å². The maximum Gasteiger partial charge on any atom is 0.407 e. The zero-order valence-electron chi connectivity index (χ0n) is 11.1. The van der Waals surface area contributed by atoms with Gasteiger partial charge in [0.25, 0.3) is 0 Å². The molecule has 1 aromatic carbocycles. The molecule has 1 aliphatic rings. The van der Waals surface area contributed by atoms with Crippen molar-refractivity contribution in [3.05, 3.63) is 47.3 Å². The van der Waals surface area contributed by atoms with Crippen molar-refractivity contribution < 1.29 is 19.8 Å². The summed E-state index contributed by atoms with van der Waals surface area (Å²) in [5.74, 6) is -1.15. The molecular weight excluding hydrogens is 274 g/mol. The highest BCUT2D eigenvalue weighted by molar-refractivity contribution is 5.88. The fourth-order valence-electron chi connectivity index (χ4n) is 2.54. The van der Waals surface area contributed by atoms with E-state index in [0.717, 1.165) is 11.4 Å². The molecule has 0 aliphatic carbocycles. The number of carbonyl (C=O) groups is 2. The third-order valence-corrected chi connectivity index (χ3v) is 3.53. The third kappa shape index (κ3) is 2.22. The molecule has 0 unspecified atom stereocenters. The minimum Gasteiger partial charge on any atom is -0.476 e. The van der Waals surface area contributed by atoms with Crippen LogP contribution in [0.15, 0.2) is 30.3 Å². The van der Waals surface area contributed by atoms with Gasteiger partial charge < -0.3 is 15.1 Å². The number of aromatic nitrogens is 2. The summed E-state index contributed by atoms with van der Waals surface area (Å²) < 4.78 is 1.60. The number of aromatic carboxylic acids is 1. The van der Waals surface area contributed by atoms with E-state index in [4.69, 9.17) is 5.11 Å². The Balaban J connectivity index is 2.12. The van der Waals surface area contributed by atoms with Crippen LogP contribution in [0.5, 0.6) is 0 Å². The maximum absolute atomic E-state index is 11.4. The molecule has 108 valence electrons. The van der Waals surface area contributed by atoms with Crippen molar-refractivity contribution in [2.24, 2.45) is 0 Å². The van der Waals surface area contributed by atoms with Crippen LogP contribution in [0.25, 0.3) is 5.69 Å². The van der Waals surface area contributed by atoms with Gasteiger partial charge in [-0.15, -0.1) is 0 Å². The maximum atomic E-state index is 11.4. The Hall–Kier alpha value is -2.83. The van der Waals surface area contributed by atoms with E-state index < -0.39 is 12.1 Å². The highest BCUT2D eigenvalue weighted by Gasteiger charge is 2.30. The van der Waals surface area contributed by atoms with Crippen LogP contribution in [0.1, 0.15) is 21.7 Å². The summed E-state index contributed by atoms with van der Waals surface area (Å²) in [6, 6.07) is 9.22. The number of hydrogen-bond donors (Lipinski definition) is 2. The molecular formula is C14H13N3O4. The molecule has 0 bridgehead atoms. The van der Waals surface area contributed by atoms with Crippen molar-refractivity contribution in [2.75, 3.05) is 6.54 Å². The first-order chi connectivity index (χ1) is 10.1. The Morgan fingerprint density at radius 3 is 2.48 bits per heavy atom. The lowest BCUT2D eigenvalue weighted by Gasteiger charge is -2.24. The van der Waals surface area contributed by atoms with Crippen molar-refractivity contribution in [3.8, 4) is 5.69 Å². The molecule has 2 heterocycles. The van der Waals surface area contributed by atoms with E-state index in [0.29, 0.717) is 18.5 Å². The van der Waals surface area contributed by atoms with Gasteiger partial charge in [0.05, 0.1) is 17.9 Å². The molecule has 0 saturated carbocycles. The van der Waals surface area contributed by atoms with E-state index >= 15 is 0 Å². The molecule has 7 nitrogen and oxygen atoms in total. The van der Waals surface area contributed by atoms with Crippen molar-refractivity contribution in [1.29, 1.82) is 0 Å². The Morgan fingerprint density at radius 2 is 1.86 bits per heavy atom. The van der Waals surface area contributed by atoms with Crippen LogP contribution < -0.4 is 0 Å². The van der Waals surface area contributed by atoms with Crippen molar-refractivity contribution >= 4 is 12.1 Å². The largest absolute Gasteiger partial charge is 0.476 e. The molecule has 0 fully saturated rings. The molecule has 3 rings (SSSR count). The molecule has 1 aliphatic heterocycles. The molecule has 0 atom stereocenters. The Morgan fingerprint density at radius 1 is 1.14 bits per heavy atom. The second-order valence-electron chi connectivity index (χ2n) is 4.78. The van der Waals surface area contributed by atoms with E-state index in [1.165, 1.54) is 4.90 Å².